The molecule has 0 bridgehead atoms. The summed E-state index contributed by atoms with van der Waals surface area (Å²) >= 11 is 0. The average molecular weight is 216 g/mol. The molecule has 0 unspecified atom stereocenters. The standard InChI is InChI=1S/C14H18NO/c15-13(16)11-14(9-5-2-6-10-14)12-7-3-1-4-8-12/h3-4,7-8H,2,5-6,9-11H2,(H2,15,16). The molecule has 16 heavy (non-hydrogen) atoms. The van der Waals surface area contributed by atoms with Crippen molar-refractivity contribution >= 4 is 5.91 Å². The average Bonchev–Trinajstić information content (AvgIpc) is 2.30. The molecule has 1 saturated carbocycles. The van der Waals surface area contributed by atoms with Crippen molar-refractivity contribution in [2.75, 3.05) is 0 Å². The van der Waals surface area contributed by atoms with Crippen LogP contribution in [-0.2, 0) is 10.2 Å². The Morgan fingerprint density at radius 3 is 2.44 bits per heavy atom. The van der Waals surface area contributed by atoms with E-state index < -0.39 is 0 Å². The monoisotopic (exact) mass is 216 g/mol. The van der Waals surface area contributed by atoms with Gasteiger partial charge in [0.05, 0.1) is 0 Å². The van der Waals surface area contributed by atoms with E-state index in [2.05, 4.69) is 18.2 Å². The summed E-state index contributed by atoms with van der Waals surface area (Å²) in [5.41, 5.74) is 6.65. The molecule has 1 aromatic rings. The van der Waals surface area contributed by atoms with Gasteiger partial charge in [-0.15, -0.1) is 0 Å². The number of nitrogens with two attached hydrogens (primary N) is 1. The second-order valence-electron chi connectivity index (χ2n) is 4.77. The summed E-state index contributed by atoms with van der Waals surface area (Å²) in [6.45, 7) is 0. The normalized spacial score (nSPS) is 19.2. The quantitative estimate of drug-likeness (QED) is 0.829. The van der Waals surface area contributed by atoms with E-state index in [9.17, 15) is 4.79 Å². The Morgan fingerprint density at radius 2 is 1.88 bits per heavy atom. The third-order valence-corrected chi connectivity index (χ3v) is 3.65. The maximum atomic E-state index is 11.3. The molecule has 0 saturated heterocycles. The van der Waals surface area contributed by atoms with Crippen LogP contribution < -0.4 is 5.73 Å². The maximum absolute atomic E-state index is 11.3. The molecule has 85 valence electrons. The number of hydrogen-bond donors (Lipinski definition) is 1. The molecule has 2 rings (SSSR count). The van der Waals surface area contributed by atoms with Crippen molar-refractivity contribution < 1.29 is 4.79 Å². The molecule has 1 aliphatic carbocycles. The fourth-order valence-electron chi connectivity index (χ4n) is 2.87. The Balaban J connectivity index is 2.29. The third-order valence-electron chi connectivity index (χ3n) is 3.65. The molecule has 1 fully saturated rings. The van der Waals surface area contributed by atoms with Crippen LogP contribution in [0.2, 0.25) is 0 Å². The topological polar surface area (TPSA) is 43.1 Å². The van der Waals surface area contributed by atoms with Gasteiger partial charge in [0, 0.05) is 11.8 Å². The predicted octanol–water partition coefficient (Wildman–Crippen LogP) is 2.56. The largest absolute Gasteiger partial charge is 0.370 e. The van der Waals surface area contributed by atoms with Crippen LogP contribution in [0.15, 0.2) is 24.3 Å². The van der Waals surface area contributed by atoms with Gasteiger partial charge < -0.3 is 5.73 Å². The van der Waals surface area contributed by atoms with E-state index in [0.29, 0.717) is 6.42 Å². The van der Waals surface area contributed by atoms with Gasteiger partial charge in [-0.25, -0.2) is 0 Å². The Hall–Kier alpha value is -1.31. The summed E-state index contributed by atoms with van der Waals surface area (Å²) in [5.74, 6) is -0.185. The SMILES string of the molecule is NC(=O)CC1(c2cc[c]cc2)CCCCC1. The first-order chi connectivity index (χ1) is 7.73. The summed E-state index contributed by atoms with van der Waals surface area (Å²) in [4.78, 5) is 11.3. The summed E-state index contributed by atoms with van der Waals surface area (Å²) in [5, 5.41) is 0. The van der Waals surface area contributed by atoms with Crippen molar-refractivity contribution in [3.63, 3.8) is 0 Å². The molecule has 0 aromatic heterocycles. The highest BCUT2D eigenvalue weighted by molar-refractivity contribution is 5.75. The van der Waals surface area contributed by atoms with Crippen LogP contribution in [0, 0.1) is 6.07 Å². The lowest BCUT2D eigenvalue weighted by Crippen LogP contribution is -2.34. The summed E-state index contributed by atoms with van der Waals surface area (Å²) in [7, 11) is 0. The summed E-state index contributed by atoms with van der Waals surface area (Å²) in [6, 6.07) is 11.0. The minimum atomic E-state index is -0.185. The van der Waals surface area contributed by atoms with Crippen LogP contribution in [0.5, 0.6) is 0 Å². The van der Waals surface area contributed by atoms with Gasteiger partial charge in [0.25, 0.3) is 0 Å². The number of hydrogen-bond acceptors (Lipinski definition) is 1. The van der Waals surface area contributed by atoms with Crippen molar-refractivity contribution in [2.24, 2.45) is 5.73 Å². The van der Waals surface area contributed by atoms with Gasteiger partial charge in [-0.1, -0.05) is 43.5 Å². The Labute approximate surface area is 96.8 Å². The van der Waals surface area contributed by atoms with Gasteiger partial charge in [-0.05, 0) is 24.5 Å². The number of benzene rings is 1. The summed E-state index contributed by atoms with van der Waals surface area (Å²) < 4.78 is 0. The number of amides is 1. The fraction of sp³-hybridized carbons (Fsp3) is 0.500. The first-order valence-corrected chi connectivity index (χ1v) is 5.98. The zero-order chi connectivity index (χ0) is 11.4. The van der Waals surface area contributed by atoms with Gasteiger partial charge >= 0.3 is 0 Å². The molecule has 1 aromatic carbocycles. The minimum Gasteiger partial charge on any atom is -0.370 e. The van der Waals surface area contributed by atoms with Crippen molar-refractivity contribution in [2.45, 2.75) is 43.9 Å². The zero-order valence-electron chi connectivity index (χ0n) is 9.54. The van der Waals surface area contributed by atoms with Crippen LogP contribution in [-0.4, -0.2) is 5.91 Å². The molecule has 1 aliphatic rings. The first kappa shape index (κ1) is 11.2. The molecule has 2 nitrogen and oxygen atoms in total. The Morgan fingerprint density at radius 1 is 1.25 bits per heavy atom. The van der Waals surface area contributed by atoms with E-state index in [1.807, 2.05) is 12.1 Å². The van der Waals surface area contributed by atoms with E-state index in [1.54, 1.807) is 0 Å². The number of carbonyl (C=O) groups excluding carboxylic acids is 1. The molecular formula is C14H18NO. The van der Waals surface area contributed by atoms with Crippen LogP contribution in [0.1, 0.15) is 44.1 Å². The zero-order valence-corrected chi connectivity index (χ0v) is 9.54. The highest BCUT2D eigenvalue weighted by atomic mass is 16.1. The fourth-order valence-corrected chi connectivity index (χ4v) is 2.87. The highest BCUT2D eigenvalue weighted by Crippen LogP contribution is 2.41. The number of carbonyl (C=O) groups is 1. The van der Waals surface area contributed by atoms with Crippen LogP contribution >= 0.6 is 0 Å². The lowest BCUT2D eigenvalue weighted by Gasteiger charge is -2.37. The molecular weight excluding hydrogens is 198 g/mol. The molecule has 2 heteroatoms. The minimum absolute atomic E-state index is 0.000810. The van der Waals surface area contributed by atoms with Crippen molar-refractivity contribution in [3.8, 4) is 0 Å². The van der Waals surface area contributed by atoms with E-state index in [1.165, 1.54) is 24.8 Å². The predicted molar refractivity (Wildman–Crippen MR) is 63.9 cm³/mol. The molecule has 1 amide bonds. The highest BCUT2D eigenvalue weighted by Gasteiger charge is 2.35. The third kappa shape index (κ3) is 2.26. The number of primary amides is 1. The number of rotatable bonds is 3. The van der Waals surface area contributed by atoms with Crippen molar-refractivity contribution in [1.82, 2.24) is 0 Å². The van der Waals surface area contributed by atoms with E-state index in [0.717, 1.165) is 12.8 Å². The lowest BCUT2D eigenvalue weighted by atomic mass is 9.67. The Kier molecular flexibility index (Phi) is 3.28. The second kappa shape index (κ2) is 4.69. The summed E-state index contributed by atoms with van der Waals surface area (Å²) in [6.07, 6.45) is 6.33. The van der Waals surface area contributed by atoms with Gasteiger partial charge in [-0.2, -0.15) is 0 Å². The van der Waals surface area contributed by atoms with Gasteiger partial charge in [0.1, 0.15) is 0 Å². The lowest BCUT2D eigenvalue weighted by molar-refractivity contribution is -0.119. The van der Waals surface area contributed by atoms with Crippen molar-refractivity contribution in [1.29, 1.82) is 0 Å². The van der Waals surface area contributed by atoms with Crippen LogP contribution in [0.3, 0.4) is 0 Å². The molecule has 0 atom stereocenters. The maximum Gasteiger partial charge on any atom is 0.218 e. The van der Waals surface area contributed by atoms with Gasteiger partial charge in [0.2, 0.25) is 5.91 Å². The second-order valence-corrected chi connectivity index (χ2v) is 4.77. The van der Waals surface area contributed by atoms with Gasteiger partial charge in [-0.3, -0.25) is 4.79 Å². The molecule has 0 heterocycles. The molecule has 1 radical (unpaired) electrons. The molecule has 0 spiro atoms. The van der Waals surface area contributed by atoms with Crippen molar-refractivity contribution in [3.05, 3.63) is 35.9 Å². The van der Waals surface area contributed by atoms with Gasteiger partial charge in [0.15, 0.2) is 0 Å². The molecule has 2 N–H and O–H groups in total. The van der Waals surface area contributed by atoms with E-state index in [4.69, 9.17) is 5.73 Å². The first-order valence-electron chi connectivity index (χ1n) is 5.98. The molecule has 0 aliphatic heterocycles. The van der Waals surface area contributed by atoms with Crippen LogP contribution in [0.4, 0.5) is 0 Å². The van der Waals surface area contributed by atoms with E-state index >= 15 is 0 Å². The van der Waals surface area contributed by atoms with Crippen LogP contribution in [0.25, 0.3) is 0 Å². The smallest absolute Gasteiger partial charge is 0.218 e. The Bertz CT molecular complexity index is 352. The van der Waals surface area contributed by atoms with E-state index in [-0.39, 0.29) is 11.3 Å².